The van der Waals surface area contributed by atoms with Crippen LogP contribution in [0.2, 0.25) is 0 Å². The third kappa shape index (κ3) is 11.3. The number of ether oxygens (including phenoxy) is 1. The third-order valence-corrected chi connectivity index (χ3v) is 5.01. The van der Waals surface area contributed by atoms with Crippen molar-refractivity contribution in [2.24, 2.45) is 0 Å². The van der Waals surface area contributed by atoms with E-state index in [0.717, 1.165) is 36.6 Å². The van der Waals surface area contributed by atoms with Crippen LogP contribution in [0, 0.1) is 28.7 Å². The van der Waals surface area contributed by atoms with Crippen molar-refractivity contribution in [2.45, 2.75) is 33.1 Å². The van der Waals surface area contributed by atoms with E-state index in [1.54, 1.807) is 19.1 Å². The number of hydrogen-bond donors (Lipinski definition) is 2. The molecular formula is C27H36F2N4O5. The number of nitrogens with two attached hydrogens (primary N) is 2. The molecule has 3 aromatic rings. The molecule has 0 heterocycles. The number of nitro benzene ring substituents is 1. The molecule has 0 saturated heterocycles. The van der Waals surface area contributed by atoms with E-state index in [9.17, 15) is 18.9 Å². The fourth-order valence-corrected chi connectivity index (χ4v) is 2.85. The van der Waals surface area contributed by atoms with Crippen LogP contribution in [0.5, 0.6) is 11.5 Å². The molecule has 0 unspecified atom stereocenters. The summed E-state index contributed by atoms with van der Waals surface area (Å²) in [7, 11) is 5.26. The van der Waals surface area contributed by atoms with Crippen molar-refractivity contribution < 1.29 is 28.2 Å². The minimum absolute atomic E-state index is 0.0746. The number of nitrogen functional groups attached to an aromatic ring is 2. The summed E-state index contributed by atoms with van der Waals surface area (Å²) in [6.45, 7) is 4.63. The topological polar surface area (TPSA) is 126 Å². The van der Waals surface area contributed by atoms with Gasteiger partial charge < -0.3 is 26.0 Å². The number of hydrogen-bond acceptors (Lipinski definition) is 8. The second kappa shape index (κ2) is 16.6. The number of nitrogens with zero attached hydrogens (tertiary/aromatic N) is 2. The lowest BCUT2D eigenvalue weighted by molar-refractivity contribution is -0.387. The van der Waals surface area contributed by atoms with E-state index in [-0.39, 0.29) is 11.6 Å². The fraction of sp³-hybridized carbons (Fsp3) is 0.333. The molecule has 0 fully saturated rings. The van der Waals surface area contributed by atoms with Gasteiger partial charge in [-0.3, -0.25) is 10.1 Å². The van der Waals surface area contributed by atoms with E-state index in [0.29, 0.717) is 16.9 Å². The molecule has 11 heteroatoms. The summed E-state index contributed by atoms with van der Waals surface area (Å²) in [6.07, 6.45) is 3.49. The van der Waals surface area contributed by atoms with Crippen molar-refractivity contribution in [3.05, 3.63) is 81.9 Å². The highest BCUT2D eigenvalue weighted by atomic mass is 19.1. The Morgan fingerprint density at radius 1 is 0.974 bits per heavy atom. The molecule has 0 bridgehead atoms. The molecule has 3 aromatic carbocycles. The van der Waals surface area contributed by atoms with E-state index >= 15 is 0 Å². The second-order valence-electron chi connectivity index (χ2n) is 8.30. The molecule has 0 aromatic heterocycles. The summed E-state index contributed by atoms with van der Waals surface area (Å²) in [4.78, 5) is 20.1. The molecule has 0 aliphatic carbocycles. The van der Waals surface area contributed by atoms with Gasteiger partial charge in [-0.25, -0.2) is 4.39 Å². The second-order valence-corrected chi connectivity index (χ2v) is 8.30. The summed E-state index contributed by atoms with van der Waals surface area (Å²) < 4.78 is 31.0. The first-order valence-electron chi connectivity index (χ1n) is 11.9. The Bertz CT molecular complexity index is 1160. The predicted molar refractivity (Wildman–Crippen MR) is 146 cm³/mol. The van der Waals surface area contributed by atoms with Crippen molar-refractivity contribution in [1.82, 2.24) is 0 Å². The van der Waals surface area contributed by atoms with Crippen LogP contribution in [0.3, 0.4) is 0 Å². The van der Waals surface area contributed by atoms with E-state index in [1.165, 1.54) is 32.1 Å². The van der Waals surface area contributed by atoms with Gasteiger partial charge in [0, 0.05) is 43.7 Å². The van der Waals surface area contributed by atoms with Gasteiger partial charge in [0.2, 0.25) is 5.82 Å². The zero-order valence-corrected chi connectivity index (χ0v) is 22.4. The Balaban J connectivity index is 0.000000296. The van der Waals surface area contributed by atoms with E-state index < -0.39 is 16.4 Å². The number of aryl methyl sites for hydroxylation is 1. The first-order chi connectivity index (χ1) is 18.0. The molecule has 4 N–H and O–H groups in total. The molecule has 0 aliphatic rings. The van der Waals surface area contributed by atoms with Crippen LogP contribution in [0.15, 0.2) is 54.6 Å². The Morgan fingerprint density at radius 3 is 2.21 bits per heavy atom. The molecule has 0 atom stereocenters. The quantitative estimate of drug-likeness (QED) is 0.108. The number of anilines is 3. The highest BCUT2D eigenvalue weighted by Crippen LogP contribution is 2.27. The van der Waals surface area contributed by atoms with Gasteiger partial charge in [-0.2, -0.15) is 9.28 Å². The molecule has 0 spiro atoms. The van der Waals surface area contributed by atoms with Crippen LogP contribution >= 0.6 is 0 Å². The lowest BCUT2D eigenvalue weighted by atomic mass is 10.2. The summed E-state index contributed by atoms with van der Waals surface area (Å²) in [5.74, 6) is -0.331. The lowest BCUT2D eigenvalue weighted by Gasteiger charge is -2.15. The van der Waals surface area contributed by atoms with Gasteiger partial charge in [0.25, 0.3) is 0 Å². The zero-order chi connectivity index (χ0) is 28.7. The smallest absolute Gasteiger partial charge is 0.305 e. The molecule has 0 aliphatic heterocycles. The normalized spacial score (nSPS) is 9.87. The summed E-state index contributed by atoms with van der Waals surface area (Å²) in [5.41, 5.74) is 13.5. The SMILES string of the molecule is CCCCCOc1cc(N(C)C)ccc1N.COOc1ccc([N+](=O)[O-])c(F)c1.Cc1ccc(N)cc1F. The van der Waals surface area contributed by atoms with Crippen molar-refractivity contribution in [3.63, 3.8) is 0 Å². The molecular weight excluding hydrogens is 498 g/mol. The maximum Gasteiger partial charge on any atom is 0.305 e. The van der Waals surface area contributed by atoms with Gasteiger partial charge in [-0.15, -0.1) is 0 Å². The van der Waals surface area contributed by atoms with E-state index in [2.05, 4.69) is 16.7 Å². The van der Waals surface area contributed by atoms with Crippen LogP contribution in [0.1, 0.15) is 31.7 Å². The molecule has 0 amide bonds. The summed E-state index contributed by atoms with van der Waals surface area (Å²) in [5, 5.41) is 10.2. The fourth-order valence-electron chi connectivity index (χ4n) is 2.85. The van der Waals surface area contributed by atoms with Crippen molar-refractivity contribution >= 4 is 22.7 Å². The van der Waals surface area contributed by atoms with Gasteiger partial charge in [0.1, 0.15) is 11.6 Å². The van der Waals surface area contributed by atoms with Crippen LogP contribution in [-0.2, 0) is 4.89 Å². The molecule has 3 rings (SSSR count). The van der Waals surface area contributed by atoms with Gasteiger partial charge in [-0.05, 0) is 49.2 Å². The number of halogens is 2. The monoisotopic (exact) mass is 534 g/mol. The lowest BCUT2D eigenvalue weighted by Crippen LogP contribution is -2.09. The summed E-state index contributed by atoms with van der Waals surface area (Å²) >= 11 is 0. The number of nitro groups is 1. The predicted octanol–water partition coefficient (Wildman–Crippen LogP) is 6.29. The highest BCUT2D eigenvalue weighted by molar-refractivity contribution is 5.61. The molecule has 208 valence electrons. The van der Waals surface area contributed by atoms with Crippen LogP contribution in [0.4, 0.5) is 31.5 Å². The average Bonchev–Trinajstić information content (AvgIpc) is 2.86. The van der Waals surface area contributed by atoms with Gasteiger partial charge in [-0.1, -0.05) is 25.8 Å². The van der Waals surface area contributed by atoms with Gasteiger partial charge in [0.15, 0.2) is 5.75 Å². The number of unbranched alkanes of at least 4 members (excludes halogenated alkanes) is 2. The Labute approximate surface area is 222 Å². The Morgan fingerprint density at radius 2 is 1.68 bits per heavy atom. The van der Waals surface area contributed by atoms with Crippen LogP contribution < -0.4 is 26.0 Å². The minimum atomic E-state index is -0.959. The Hall–Kier alpha value is -4.12. The zero-order valence-electron chi connectivity index (χ0n) is 22.4. The summed E-state index contributed by atoms with van der Waals surface area (Å²) in [6, 6.07) is 13.6. The van der Waals surface area contributed by atoms with Crippen molar-refractivity contribution in [3.8, 4) is 11.5 Å². The van der Waals surface area contributed by atoms with E-state index in [1.807, 2.05) is 37.2 Å². The molecule has 38 heavy (non-hydrogen) atoms. The van der Waals surface area contributed by atoms with Crippen LogP contribution in [-0.4, -0.2) is 32.7 Å². The highest BCUT2D eigenvalue weighted by Gasteiger charge is 2.14. The maximum atomic E-state index is 12.8. The molecule has 9 nitrogen and oxygen atoms in total. The first-order valence-corrected chi connectivity index (χ1v) is 11.9. The van der Waals surface area contributed by atoms with Crippen molar-refractivity contribution in [2.75, 3.05) is 44.2 Å². The van der Waals surface area contributed by atoms with E-state index in [4.69, 9.17) is 16.2 Å². The molecule has 0 saturated carbocycles. The minimum Gasteiger partial charge on any atom is -0.491 e. The average molecular weight is 535 g/mol. The standard InChI is InChI=1S/C13H22N2O.C7H6FNO4.C7H8FN/c1-4-5-6-9-16-13-10-11(15(2)3)7-8-12(13)14;1-12-13-5-2-3-7(9(10)11)6(8)4-5;1-5-2-3-6(9)4-7(5)8/h7-8,10H,4-6,9,14H2,1-3H3;2-4H,1H3;2-4H,9H2,1H3. The van der Waals surface area contributed by atoms with Gasteiger partial charge >= 0.3 is 5.69 Å². The number of benzene rings is 3. The first kappa shape index (κ1) is 31.9. The third-order valence-electron chi connectivity index (χ3n) is 5.01. The molecule has 0 radical (unpaired) electrons. The van der Waals surface area contributed by atoms with Crippen LogP contribution in [0.25, 0.3) is 0 Å². The Kier molecular flexibility index (Phi) is 13.9. The van der Waals surface area contributed by atoms with Crippen molar-refractivity contribution in [1.29, 1.82) is 0 Å². The number of rotatable bonds is 9. The maximum absolute atomic E-state index is 12.8. The largest absolute Gasteiger partial charge is 0.491 e. The van der Waals surface area contributed by atoms with Gasteiger partial charge in [0.05, 0.1) is 24.3 Å².